The fourth-order valence-electron chi connectivity index (χ4n) is 5.17. The summed E-state index contributed by atoms with van der Waals surface area (Å²) < 4.78 is 13.8. The van der Waals surface area contributed by atoms with Gasteiger partial charge < -0.3 is 5.32 Å². The molecule has 1 amide bonds. The molecule has 5 heteroatoms. The van der Waals surface area contributed by atoms with Gasteiger partial charge in [0.2, 0.25) is 5.91 Å². The van der Waals surface area contributed by atoms with Crippen LogP contribution >= 0.6 is 0 Å². The highest BCUT2D eigenvalue weighted by atomic mass is 19.1. The minimum Gasteiger partial charge on any atom is -0.309 e. The SMILES string of the molecule is O=C(CCCc1ccccc1)Nc1nc2c(nc1C1CCCCC1)-c1ccc(F)cc1CC2. The number of carbonyl (C=O) groups is 1. The Hall–Kier alpha value is -3.08. The number of nitrogens with one attached hydrogen (secondary N) is 1. The summed E-state index contributed by atoms with van der Waals surface area (Å²) >= 11 is 0. The Kier molecular flexibility index (Phi) is 6.47. The fraction of sp³-hybridized carbons (Fsp3) is 0.393. The Bertz CT molecular complexity index is 1140. The van der Waals surface area contributed by atoms with Gasteiger partial charge in [0.1, 0.15) is 5.82 Å². The fourth-order valence-corrected chi connectivity index (χ4v) is 5.17. The highest BCUT2D eigenvalue weighted by Crippen LogP contribution is 2.39. The van der Waals surface area contributed by atoms with Gasteiger partial charge in [0.15, 0.2) is 5.82 Å². The standard InChI is InChI=1S/C28H30FN3O/c29-22-15-16-23-21(18-22)14-17-24-27(23)32-26(20-11-5-2-6-12-20)28(30-24)31-25(33)13-7-10-19-8-3-1-4-9-19/h1,3-4,8-9,15-16,18,20H,2,5-7,10-14,17H2,(H,30,31,33). The van der Waals surface area contributed by atoms with E-state index in [1.54, 1.807) is 6.07 Å². The molecule has 0 saturated heterocycles. The number of benzene rings is 2. The number of rotatable bonds is 6. The lowest BCUT2D eigenvalue weighted by molar-refractivity contribution is -0.116. The van der Waals surface area contributed by atoms with Crippen molar-refractivity contribution in [3.63, 3.8) is 0 Å². The van der Waals surface area contributed by atoms with Gasteiger partial charge in [-0.15, -0.1) is 0 Å². The number of anilines is 1. The van der Waals surface area contributed by atoms with Crippen molar-refractivity contribution in [2.75, 3.05) is 5.32 Å². The predicted molar refractivity (Wildman–Crippen MR) is 129 cm³/mol. The molecule has 0 bridgehead atoms. The normalized spacial score (nSPS) is 15.5. The third-order valence-corrected chi connectivity index (χ3v) is 6.91. The third kappa shape index (κ3) is 4.97. The van der Waals surface area contributed by atoms with E-state index in [0.717, 1.165) is 60.3 Å². The van der Waals surface area contributed by atoms with Gasteiger partial charge in [0.25, 0.3) is 0 Å². The molecule has 1 fully saturated rings. The average Bonchev–Trinajstić information content (AvgIpc) is 2.84. The topological polar surface area (TPSA) is 54.9 Å². The third-order valence-electron chi connectivity index (χ3n) is 6.91. The van der Waals surface area contributed by atoms with Gasteiger partial charge in [-0.1, -0.05) is 49.6 Å². The lowest BCUT2D eigenvalue weighted by Gasteiger charge is -2.26. The van der Waals surface area contributed by atoms with Crippen LogP contribution in [-0.2, 0) is 24.1 Å². The predicted octanol–water partition coefficient (Wildman–Crippen LogP) is 6.39. The van der Waals surface area contributed by atoms with Crippen molar-refractivity contribution in [1.82, 2.24) is 9.97 Å². The number of halogens is 1. The Morgan fingerprint density at radius 3 is 2.64 bits per heavy atom. The molecule has 2 aliphatic carbocycles. The molecule has 1 heterocycles. The Morgan fingerprint density at radius 1 is 1.00 bits per heavy atom. The van der Waals surface area contributed by atoms with E-state index in [0.29, 0.717) is 24.6 Å². The zero-order valence-corrected chi connectivity index (χ0v) is 18.9. The molecule has 1 saturated carbocycles. The molecule has 2 aromatic carbocycles. The van der Waals surface area contributed by atoms with Crippen LogP contribution in [0.25, 0.3) is 11.3 Å². The lowest BCUT2D eigenvalue weighted by Crippen LogP contribution is -2.20. The number of hydrogen-bond donors (Lipinski definition) is 1. The van der Waals surface area contributed by atoms with Crippen LogP contribution in [0.2, 0.25) is 0 Å². The molecular formula is C28H30FN3O. The van der Waals surface area contributed by atoms with E-state index in [-0.39, 0.29) is 11.7 Å². The minimum atomic E-state index is -0.211. The smallest absolute Gasteiger partial charge is 0.225 e. The number of amides is 1. The largest absolute Gasteiger partial charge is 0.309 e. The number of nitrogens with zero attached hydrogens (tertiary/aromatic N) is 2. The molecule has 1 aromatic heterocycles. The highest BCUT2D eigenvalue weighted by molar-refractivity contribution is 5.90. The number of aromatic nitrogens is 2. The summed E-state index contributed by atoms with van der Waals surface area (Å²) in [7, 11) is 0. The summed E-state index contributed by atoms with van der Waals surface area (Å²) in [4.78, 5) is 22.8. The van der Waals surface area contributed by atoms with Crippen molar-refractivity contribution in [3.8, 4) is 11.3 Å². The second-order valence-corrected chi connectivity index (χ2v) is 9.28. The molecule has 0 aliphatic heterocycles. The number of hydrogen-bond acceptors (Lipinski definition) is 3. The maximum atomic E-state index is 13.8. The molecule has 0 unspecified atom stereocenters. The first-order chi connectivity index (χ1) is 16.2. The van der Waals surface area contributed by atoms with Gasteiger partial charge in [-0.25, -0.2) is 14.4 Å². The van der Waals surface area contributed by atoms with E-state index in [1.807, 2.05) is 24.3 Å². The van der Waals surface area contributed by atoms with Gasteiger partial charge in [0.05, 0.1) is 17.1 Å². The van der Waals surface area contributed by atoms with Gasteiger partial charge in [0, 0.05) is 17.9 Å². The first kappa shape index (κ1) is 21.7. The van der Waals surface area contributed by atoms with E-state index >= 15 is 0 Å². The molecule has 1 N–H and O–H groups in total. The van der Waals surface area contributed by atoms with Crippen LogP contribution in [0.15, 0.2) is 48.5 Å². The van der Waals surface area contributed by atoms with Crippen LogP contribution in [0.5, 0.6) is 0 Å². The molecule has 5 rings (SSSR count). The second-order valence-electron chi connectivity index (χ2n) is 9.28. The highest BCUT2D eigenvalue weighted by Gasteiger charge is 2.27. The van der Waals surface area contributed by atoms with Gasteiger partial charge in [-0.3, -0.25) is 4.79 Å². The molecule has 33 heavy (non-hydrogen) atoms. The van der Waals surface area contributed by atoms with Crippen LogP contribution < -0.4 is 5.32 Å². The van der Waals surface area contributed by atoms with E-state index in [9.17, 15) is 9.18 Å². The lowest BCUT2D eigenvalue weighted by atomic mass is 9.85. The molecule has 3 aromatic rings. The quantitative estimate of drug-likeness (QED) is 0.480. The van der Waals surface area contributed by atoms with Gasteiger partial charge in [-0.2, -0.15) is 0 Å². The van der Waals surface area contributed by atoms with Gasteiger partial charge >= 0.3 is 0 Å². The van der Waals surface area contributed by atoms with Crippen molar-refractivity contribution in [3.05, 3.63) is 76.9 Å². The molecule has 0 spiro atoms. The molecule has 0 radical (unpaired) electrons. The van der Waals surface area contributed by atoms with Gasteiger partial charge in [-0.05, 0) is 67.9 Å². The first-order valence-electron chi connectivity index (χ1n) is 12.2. The zero-order chi connectivity index (χ0) is 22.6. The first-order valence-corrected chi connectivity index (χ1v) is 12.2. The van der Waals surface area contributed by atoms with Crippen LogP contribution in [0.1, 0.15) is 73.4 Å². The summed E-state index contributed by atoms with van der Waals surface area (Å²) in [5, 5.41) is 3.10. The monoisotopic (exact) mass is 443 g/mol. The van der Waals surface area contributed by atoms with Crippen molar-refractivity contribution in [2.45, 2.75) is 70.1 Å². The van der Waals surface area contributed by atoms with Crippen molar-refractivity contribution in [1.29, 1.82) is 0 Å². The summed E-state index contributed by atoms with van der Waals surface area (Å²) in [5.41, 5.74) is 5.87. The summed E-state index contributed by atoms with van der Waals surface area (Å²) in [6.07, 6.45) is 9.33. The Morgan fingerprint density at radius 2 is 1.82 bits per heavy atom. The van der Waals surface area contributed by atoms with Crippen molar-refractivity contribution >= 4 is 11.7 Å². The van der Waals surface area contributed by atoms with E-state index in [4.69, 9.17) is 9.97 Å². The van der Waals surface area contributed by atoms with Crippen LogP contribution in [0.4, 0.5) is 10.2 Å². The van der Waals surface area contributed by atoms with E-state index < -0.39 is 0 Å². The maximum absolute atomic E-state index is 13.8. The molecule has 0 atom stereocenters. The summed E-state index contributed by atoms with van der Waals surface area (Å²) in [6, 6.07) is 15.2. The van der Waals surface area contributed by atoms with Crippen molar-refractivity contribution in [2.24, 2.45) is 0 Å². The van der Waals surface area contributed by atoms with E-state index in [1.165, 1.54) is 30.9 Å². The van der Waals surface area contributed by atoms with E-state index in [2.05, 4.69) is 17.4 Å². The molecule has 4 nitrogen and oxygen atoms in total. The van der Waals surface area contributed by atoms with Crippen LogP contribution in [0.3, 0.4) is 0 Å². The average molecular weight is 444 g/mol. The van der Waals surface area contributed by atoms with Crippen LogP contribution in [-0.4, -0.2) is 15.9 Å². The summed E-state index contributed by atoms with van der Waals surface area (Å²) in [5.74, 6) is 0.727. The minimum absolute atomic E-state index is 0.00415. The molecule has 2 aliphatic rings. The zero-order valence-electron chi connectivity index (χ0n) is 18.9. The number of fused-ring (bicyclic) bond motifs is 3. The van der Waals surface area contributed by atoms with Crippen molar-refractivity contribution < 1.29 is 9.18 Å². The Balaban J connectivity index is 1.39. The molecular weight excluding hydrogens is 413 g/mol. The summed E-state index contributed by atoms with van der Waals surface area (Å²) in [6.45, 7) is 0. The maximum Gasteiger partial charge on any atom is 0.225 e. The second kappa shape index (κ2) is 9.82. The Labute approximate surface area is 194 Å². The molecule has 170 valence electrons. The number of aryl methyl sites for hydroxylation is 3. The van der Waals surface area contributed by atoms with Crippen LogP contribution in [0, 0.1) is 5.82 Å². The number of carbonyl (C=O) groups excluding carboxylic acids is 1.